The fourth-order valence-corrected chi connectivity index (χ4v) is 2.05. The molecule has 0 bridgehead atoms. The van der Waals surface area contributed by atoms with Gasteiger partial charge in [-0.1, -0.05) is 6.07 Å². The van der Waals surface area contributed by atoms with Gasteiger partial charge in [0.05, 0.1) is 7.11 Å². The van der Waals surface area contributed by atoms with E-state index in [1.807, 2.05) is 12.1 Å². The normalized spacial score (nSPS) is 18.9. The molecule has 1 aromatic rings. The molecule has 0 spiro atoms. The molecule has 2 rings (SSSR count). The van der Waals surface area contributed by atoms with Crippen LogP contribution in [0, 0.1) is 0 Å². The van der Waals surface area contributed by atoms with Gasteiger partial charge < -0.3 is 14.8 Å². The van der Waals surface area contributed by atoms with Crippen molar-refractivity contribution in [1.82, 2.24) is 10.3 Å². The fraction of sp³-hybridized carbons (Fsp3) is 0.615. The maximum absolute atomic E-state index is 5.38. The van der Waals surface area contributed by atoms with Gasteiger partial charge in [-0.3, -0.25) is 0 Å². The molecule has 4 nitrogen and oxygen atoms in total. The second-order valence-corrected chi connectivity index (χ2v) is 4.70. The van der Waals surface area contributed by atoms with Crippen molar-refractivity contribution < 1.29 is 9.47 Å². The smallest absolute Gasteiger partial charge is 0.217 e. The Balaban J connectivity index is 1.96. The minimum absolute atomic E-state index is 0.166. The number of ether oxygens (including phenoxy) is 2. The van der Waals surface area contributed by atoms with Gasteiger partial charge in [0.1, 0.15) is 0 Å². The van der Waals surface area contributed by atoms with Gasteiger partial charge in [0.25, 0.3) is 0 Å². The van der Waals surface area contributed by atoms with Crippen molar-refractivity contribution in [3.63, 3.8) is 0 Å². The summed E-state index contributed by atoms with van der Waals surface area (Å²) in [5, 5.41) is 3.59. The Morgan fingerprint density at radius 3 is 2.94 bits per heavy atom. The van der Waals surface area contributed by atoms with Crippen LogP contribution in [0.3, 0.4) is 0 Å². The van der Waals surface area contributed by atoms with Gasteiger partial charge >= 0.3 is 0 Å². The lowest BCUT2D eigenvalue weighted by molar-refractivity contribution is 0.0445. The molecule has 1 saturated heterocycles. The highest BCUT2D eigenvalue weighted by Crippen LogP contribution is 2.21. The SMILES string of the molecule is COc1ncccc1CNC1(C)CCOCC1. The van der Waals surface area contributed by atoms with Crippen LogP contribution in [0.5, 0.6) is 5.88 Å². The highest BCUT2D eigenvalue weighted by Gasteiger charge is 2.26. The summed E-state index contributed by atoms with van der Waals surface area (Å²) in [5.74, 6) is 0.704. The van der Waals surface area contributed by atoms with E-state index in [4.69, 9.17) is 9.47 Å². The van der Waals surface area contributed by atoms with Crippen LogP contribution in [0.25, 0.3) is 0 Å². The van der Waals surface area contributed by atoms with Gasteiger partial charge in [0.2, 0.25) is 5.88 Å². The van der Waals surface area contributed by atoms with Gasteiger partial charge in [0.15, 0.2) is 0 Å². The first-order valence-electron chi connectivity index (χ1n) is 6.04. The van der Waals surface area contributed by atoms with E-state index in [1.54, 1.807) is 13.3 Å². The molecule has 1 N–H and O–H groups in total. The molecular weight excluding hydrogens is 216 g/mol. The minimum Gasteiger partial charge on any atom is -0.481 e. The summed E-state index contributed by atoms with van der Waals surface area (Å²) in [6.07, 6.45) is 3.85. The molecule has 0 aromatic carbocycles. The Hall–Kier alpha value is -1.13. The molecule has 0 atom stereocenters. The summed E-state index contributed by atoms with van der Waals surface area (Å²) in [7, 11) is 1.65. The standard InChI is InChI=1S/C13H20N2O2/c1-13(5-8-17-9-6-13)15-10-11-4-3-7-14-12(11)16-2/h3-4,7,15H,5-6,8-10H2,1-2H3. The van der Waals surface area contributed by atoms with Crippen molar-refractivity contribution >= 4 is 0 Å². The van der Waals surface area contributed by atoms with E-state index in [1.165, 1.54) is 0 Å². The maximum atomic E-state index is 5.38. The summed E-state index contributed by atoms with van der Waals surface area (Å²) in [4.78, 5) is 4.20. The molecule has 1 aliphatic rings. The van der Waals surface area contributed by atoms with Crippen LogP contribution in [-0.4, -0.2) is 30.8 Å². The van der Waals surface area contributed by atoms with Crippen molar-refractivity contribution in [3.05, 3.63) is 23.9 Å². The first kappa shape index (κ1) is 12.3. The number of methoxy groups -OCH3 is 1. The van der Waals surface area contributed by atoms with Crippen molar-refractivity contribution in [2.45, 2.75) is 31.8 Å². The zero-order valence-corrected chi connectivity index (χ0v) is 10.5. The summed E-state index contributed by atoms with van der Waals surface area (Å²) in [5.41, 5.74) is 1.27. The topological polar surface area (TPSA) is 43.4 Å². The second kappa shape index (κ2) is 5.47. The molecule has 1 aliphatic heterocycles. The molecule has 0 amide bonds. The lowest BCUT2D eigenvalue weighted by Gasteiger charge is -2.34. The van der Waals surface area contributed by atoms with Crippen LogP contribution >= 0.6 is 0 Å². The quantitative estimate of drug-likeness (QED) is 0.865. The molecular formula is C13H20N2O2. The number of hydrogen-bond acceptors (Lipinski definition) is 4. The van der Waals surface area contributed by atoms with E-state index in [0.29, 0.717) is 5.88 Å². The zero-order valence-electron chi connectivity index (χ0n) is 10.5. The van der Waals surface area contributed by atoms with Gasteiger partial charge in [-0.2, -0.15) is 0 Å². The number of hydrogen-bond donors (Lipinski definition) is 1. The van der Waals surface area contributed by atoms with Crippen LogP contribution in [0.1, 0.15) is 25.3 Å². The summed E-state index contributed by atoms with van der Waals surface area (Å²) in [6.45, 7) is 4.72. The van der Waals surface area contributed by atoms with Crippen LogP contribution in [-0.2, 0) is 11.3 Å². The van der Waals surface area contributed by atoms with Crippen LogP contribution in [0.4, 0.5) is 0 Å². The fourth-order valence-electron chi connectivity index (χ4n) is 2.05. The number of pyridine rings is 1. The summed E-state index contributed by atoms with van der Waals surface area (Å²) >= 11 is 0. The third-order valence-corrected chi connectivity index (χ3v) is 3.35. The Morgan fingerprint density at radius 1 is 1.47 bits per heavy atom. The molecule has 17 heavy (non-hydrogen) atoms. The van der Waals surface area contributed by atoms with Crippen molar-refractivity contribution in [2.24, 2.45) is 0 Å². The molecule has 0 aliphatic carbocycles. The molecule has 1 aromatic heterocycles. The van der Waals surface area contributed by atoms with Crippen LogP contribution < -0.4 is 10.1 Å². The third kappa shape index (κ3) is 3.17. The molecule has 94 valence electrons. The zero-order chi connectivity index (χ0) is 12.1. The van der Waals surface area contributed by atoms with Crippen molar-refractivity contribution in [2.75, 3.05) is 20.3 Å². The largest absolute Gasteiger partial charge is 0.481 e. The average molecular weight is 236 g/mol. The lowest BCUT2D eigenvalue weighted by Crippen LogP contribution is -2.46. The number of rotatable bonds is 4. The van der Waals surface area contributed by atoms with E-state index in [0.717, 1.165) is 38.2 Å². The highest BCUT2D eigenvalue weighted by atomic mass is 16.5. The molecule has 1 fully saturated rings. The number of nitrogens with zero attached hydrogens (tertiary/aromatic N) is 1. The third-order valence-electron chi connectivity index (χ3n) is 3.35. The monoisotopic (exact) mass is 236 g/mol. The highest BCUT2D eigenvalue weighted by molar-refractivity contribution is 5.25. The summed E-state index contributed by atoms with van der Waals surface area (Å²) < 4.78 is 10.6. The van der Waals surface area contributed by atoms with Crippen molar-refractivity contribution in [3.8, 4) is 5.88 Å². The Kier molecular flexibility index (Phi) is 3.97. The predicted octanol–water partition coefficient (Wildman–Crippen LogP) is 1.75. The van der Waals surface area contributed by atoms with E-state index < -0.39 is 0 Å². The van der Waals surface area contributed by atoms with Crippen LogP contribution in [0.15, 0.2) is 18.3 Å². The van der Waals surface area contributed by atoms with Crippen molar-refractivity contribution in [1.29, 1.82) is 0 Å². The van der Waals surface area contributed by atoms with Gasteiger partial charge in [0, 0.05) is 37.1 Å². The van der Waals surface area contributed by atoms with Crippen LogP contribution in [0.2, 0.25) is 0 Å². The first-order valence-corrected chi connectivity index (χ1v) is 6.04. The molecule has 2 heterocycles. The Morgan fingerprint density at radius 2 is 2.24 bits per heavy atom. The average Bonchev–Trinajstić information content (AvgIpc) is 2.38. The lowest BCUT2D eigenvalue weighted by atomic mass is 9.92. The van der Waals surface area contributed by atoms with Gasteiger partial charge in [-0.15, -0.1) is 0 Å². The van der Waals surface area contributed by atoms with E-state index in [9.17, 15) is 0 Å². The minimum atomic E-state index is 0.166. The predicted molar refractivity (Wildman–Crippen MR) is 66.1 cm³/mol. The number of aromatic nitrogens is 1. The van der Waals surface area contributed by atoms with E-state index in [-0.39, 0.29) is 5.54 Å². The molecule has 0 saturated carbocycles. The molecule has 0 radical (unpaired) electrons. The number of nitrogens with one attached hydrogen (secondary N) is 1. The molecule has 4 heteroatoms. The first-order chi connectivity index (χ1) is 8.23. The Bertz CT molecular complexity index is 362. The van der Waals surface area contributed by atoms with Gasteiger partial charge in [-0.25, -0.2) is 4.98 Å². The maximum Gasteiger partial charge on any atom is 0.217 e. The Labute approximate surface area is 102 Å². The summed E-state index contributed by atoms with van der Waals surface area (Å²) in [6, 6.07) is 3.98. The molecule has 0 unspecified atom stereocenters. The van der Waals surface area contributed by atoms with Gasteiger partial charge in [-0.05, 0) is 25.8 Å². The van der Waals surface area contributed by atoms with E-state index in [2.05, 4.69) is 17.2 Å². The second-order valence-electron chi connectivity index (χ2n) is 4.70. The van der Waals surface area contributed by atoms with E-state index >= 15 is 0 Å².